The molecular weight excluding hydrogens is 399 g/mol. The van der Waals surface area contributed by atoms with Crippen molar-refractivity contribution in [2.45, 2.75) is 50.2 Å². The Morgan fingerprint density at radius 2 is 1.59 bits per heavy atom. The van der Waals surface area contributed by atoms with Gasteiger partial charge in [0, 0.05) is 6.92 Å². The minimum Gasteiger partial charge on any atom is -0.457 e. The van der Waals surface area contributed by atoms with E-state index in [-0.39, 0.29) is 13.2 Å². The Balaban J connectivity index is 1.67. The van der Waals surface area contributed by atoms with Crippen molar-refractivity contribution in [2.24, 2.45) is 0 Å². The zero-order valence-corrected chi connectivity index (χ0v) is 16.8. The average Bonchev–Trinajstić information content (AvgIpc) is 2.72. The normalized spacial score (nSPS) is 26.8. The molecule has 1 fully saturated rings. The van der Waals surface area contributed by atoms with Crippen LogP contribution < -0.4 is 0 Å². The number of halogens is 2. The van der Waals surface area contributed by atoms with Gasteiger partial charge in [-0.2, -0.15) is 0 Å². The molecule has 2 aromatic rings. The third-order valence-electron chi connectivity index (χ3n) is 4.54. The fourth-order valence-electron chi connectivity index (χ4n) is 3.15. The summed E-state index contributed by atoms with van der Waals surface area (Å²) in [7, 11) is 0. The van der Waals surface area contributed by atoms with Gasteiger partial charge in [-0.05, 0) is 11.1 Å². The minimum absolute atomic E-state index is 0.0774. The number of hydrogen-bond acceptors (Lipinski definition) is 5. The molecule has 0 N–H and O–H groups in total. The summed E-state index contributed by atoms with van der Waals surface area (Å²) in [6.07, 6.45) is -4.45. The van der Waals surface area contributed by atoms with Crippen LogP contribution in [-0.2, 0) is 37.0 Å². The summed E-state index contributed by atoms with van der Waals surface area (Å²) in [6.45, 7) is 1.84. The Morgan fingerprint density at radius 3 is 2.17 bits per heavy atom. The number of ether oxygens (including phenoxy) is 4. The highest BCUT2D eigenvalue weighted by Gasteiger charge is 2.48. The van der Waals surface area contributed by atoms with Gasteiger partial charge in [0.05, 0.1) is 19.8 Å². The van der Waals surface area contributed by atoms with E-state index in [4.69, 9.17) is 30.5 Å². The van der Waals surface area contributed by atoms with E-state index in [1.807, 2.05) is 60.7 Å². The van der Waals surface area contributed by atoms with Crippen LogP contribution in [0.4, 0.5) is 4.39 Å². The topological polar surface area (TPSA) is 54.0 Å². The largest absolute Gasteiger partial charge is 0.457 e. The van der Waals surface area contributed by atoms with Crippen molar-refractivity contribution >= 4 is 17.6 Å². The summed E-state index contributed by atoms with van der Waals surface area (Å²) in [6, 6.07) is 18.9. The van der Waals surface area contributed by atoms with E-state index in [2.05, 4.69) is 0 Å². The van der Waals surface area contributed by atoms with Crippen molar-refractivity contribution in [3.63, 3.8) is 0 Å². The van der Waals surface area contributed by atoms with Gasteiger partial charge in [0.25, 0.3) is 0 Å². The van der Waals surface area contributed by atoms with Crippen LogP contribution in [0.3, 0.4) is 0 Å². The molecule has 0 aliphatic carbocycles. The number of rotatable bonds is 8. The predicted molar refractivity (Wildman–Crippen MR) is 106 cm³/mol. The van der Waals surface area contributed by atoms with Crippen molar-refractivity contribution in [1.82, 2.24) is 0 Å². The van der Waals surface area contributed by atoms with Gasteiger partial charge in [-0.3, -0.25) is 4.79 Å². The highest BCUT2D eigenvalue weighted by Crippen LogP contribution is 2.31. The molecule has 1 heterocycles. The second kappa shape index (κ2) is 10.7. The van der Waals surface area contributed by atoms with E-state index in [1.54, 1.807) is 0 Å². The second-order valence-corrected chi connectivity index (χ2v) is 7.24. The van der Waals surface area contributed by atoms with Crippen LogP contribution in [-0.4, -0.2) is 42.6 Å². The van der Waals surface area contributed by atoms with E-state index in [1.165, 1.54) is 6.92 Å². The van der Waals surface area contributed by atoms with Gasteiger partial charge in [-0.25, -0.2) is 4.39 Å². The van der Waals surface area contributed by atoms with Crippen LogP contribution in [0.2, 0.25) is 0 Å². The van der Waals surface area contributed by atoms with E-state index >= 15 is 0 Å². The lowest BCUT2D eigenvalue weighted by atomic mass is 10.0. The van der Waals surface area contributed by atoms with Gasteiger partial charge in [0.2, 0.25) is 0 Å². The summed E-state index contributed by atoms with van der Waals surface area (Å²) in [5.41, 5.74) is 0.624. The fourth-order valence-corrected chi connectivity index (χ4v) is 3.43. The molecule has 0 unspecified atom stereocenters. The van der Waals surface area contributed by atoms with Gasteiger partial charge in [0.15, 0.2) is 17.8 Å². The highest BCUT2D eigenvalue weighted by molar-refractivity contribution is 6.20. The van der Waals surface area contributed by atoms with Gasteiger partial charge < -0.3 is 18.9 Å². The van der Waals surface area contributed by atoms with Gasteiger partial charge in [-0.1, -0.05) is 72.3 Å². The maximum atomic E-state index is 14.8. The number of carbonyl (C=O) groups is 1. The van der Waals surface area contributed by atoms with Gasteiger partial charge in [-0.15, -0.1) is 0 Å². The lowest BCUT2D eigenvalue weighted by Crippen LogP contribution is -2.58. The number of benzene rings is 2. The first-order chi connectivity index (χ1) is 14.0. The summed E-state index contributed by atoms with van der Waals surface area (Å²) in [5.74, 6) is -0.555. The first-order valence-electron chi connectivity index (χ1n) is 9.42. The maximum absolute atomic E-state index is 14.8. The molecule has 0 bridgehead atoms. The first-order valence-corrected chi connectivity index (χ1v) is 9.86. The van der Waals surface area contributed by atoms with E-state index in [0.717, 1.165) is 11.1 Å². The molecule has 7 heteroatoms. The van der Waals surface area contributed by atoms with Crippen molar-refractivity contribution in [1.29, 1.82) is 0 Å². The van der Waals surface area contributed by atoms with Crippen molar-refractivity contribution < 1.29 is 28.1 Å². The Hall–Kier alpha value is -1.99. The predicted octanol–water partition coefficient (Wildman–Crippen LogP) is 4.02. The Kier molecular flexibility index (Phi) is 8.00. The number of carbonyl (C=O) groups excluding carboxylic acids is 1. The number of esters is 1. The van der Waals surface area contributed by atoms with Crippen molar-refractivity contribution in [2.75, 3.05) is 6.61 Å². The molecule has 0 spiro atoms. The second-order valence-electron chi connectivity index (χ2n) is 6.81. The molecule has 5 atom stereocenters. The van der Waals surface area contributed by atoms with Crippen LogP contribution in [0.1, 0.15) is 18.1 Å². The molecule has 1 aliphatic rings. The minimum atomic E-state index is -1.66. The zero-order valence-electron chi connectivity index (χ0n) is 16.1. The molecule has 29 heavy (non-hydrogen) atoms. The lowest BCUT2D eigenvalue weighted by molar-refractivity contribution is -0.226. The van der Waals surface area contributed by atoms with E-state index < -0.39 is 36.0 Å². The third-order valence-corrected chi connectivity index (χ3v) is 4.88. The molecule has 0 aromatic heterocycles. The highest BCUT2D eigenvalue weighted by atomic mass is 35.5. The zero-order chi connectivity index (χ0) is 20.6. The van der Waals surface area contributed by atoms with Crippen LogP contribution in [0.25, 0.3) is 0 Å². The average molecular weight is 423 g/mol. The molecule has 0 amide bonds. The lowest BCUT2D eigenvalue weighted by Gasteiger charge is -2.41. The molecule has 0 saturated carbocycles. The van der Waals surface area contributed by atoms with Crippen molar-refractivity contribution in [3.8, 4) is 0 Å². The van der Waals surface area contributed by atoms with Gasteiger partial charge in [0.1, 0.15) is 12.2 Å². The smallest absolute Gasteiger partial charge is 0.303 e. The van der Waals surface area contributed by atoms with Crippen LogP contribution in [0.15, 0.2) is 60.7 Å². The summed E-state index contributed by atoms with van der Waals surface area (Å²) >= 11 is 6.06. The molecular formula is C22H24ClFO5. The maximum Gasteiger partial charge on any atom is 0.303 e. The monoisotopic (exact) mass is 422 g/mol. The van der Waals surface area contributed by atoms with Crippen LogP contribution in [0.5, 0.6) is 0 Å². The molecule has 5 nitrogen and oxygen atoms in total. The summed E-state index contributed by atoms with van der Waals surface area (Å²) < 4.78 is 37.2. The first kappa shape index (κ1) is 21.7. The standard InChI is InChI=1S/C22H24ClFO5/c1-15(25)28-20-18(14-26-12-16-8-4-2-5-9-16)29-22(23)19(24)21(20)27-13-17-10-6-3-7-11-17/h2-11,18-22H,12-14H2,1H3/t18-,19-,20-,21-,22+/m1/s1. The van der Waals surface area contributed by atoms with Gasteiger partial charge >= 0.3 is 5.97 Å². The Labute approximate surface area is 174 Å². The molecule has 1 aliphatic heterocycles. The fraction of sp³-hybridized carbons (Fsp3) is 0.409. The molecule has 1 saturated heterocycles. The van der Waals surface area contributed by atoms with E-state index in [0.29, 0.717) is 6.61 Å². The quantitative estimate of drug-likeness (QED) is 0.475. The van der Waals surface area contributed by atoms with Crippen LogP contribution >= 0.6 is 11.6 Å². The Bertz CT molecular complexity index is 760. The third kappa shape index (κ3) is 6.24. The van der Waals surface area contributed by atoms with Crippen molar-refractivity contribution in [3.05, 3.63) is 71.8 Å². The molecule has 3 rings (SSSR count). The molecule has 0 radical (unpaired) electrons. The number of alkyl halides is 2. The van der Waals surface area contributed by atoms with E-state index in [9.17, 15) is 9.18 Å². The summed E-state index contributed by atoms with van der Waals surface area (Å²) in [4.78, 5) is 11.6. The summed E-state index contributed by atoms with van der Waals surface area (Å²) in [5, 5.41) is 0. The molecule has 156 valence electrons. The SMILES string of the molecule is CC(=O)O[C@H]1[C@H](OCc2ccccc2)[C@@H](F)[C@@H](Cl)O[C@@H]1COCc1ccccc1. The Morgan fingerprint density at radius 1 is 1.00 bits per heavy atom. The van der Waals surface area contributed by atoms with Crippen LogP contribution in [0, 0.1) is 0 Å². The number of hydrogen-bond donors (Lipinski definition) is 0. The molecule has 2 aromatic carbocycles.